The maximum atomic E-state index is 5.55. The lowest BCUT2D eigenvalue weighted by Gasteiger charge is -2.06. The molecule has 0 spiro atoms. The predicted molar refractivity (Wildman–Crippen MR) is 60.4 cm³/mol. The van der Waals surface area contributed by atoms with Gasteiger partial charge in [0.25, 0.3) is 0 Å². The fraction of sp³-hybridized carbons (Fsp3) is 0.333. The Morgan fingerprint density at radius 1 is 1.36 bits per heavy atom. The van der Waals surface area contributed by atoms with E-state index in [9.17, 15) is 0 Å². The number of nitrogens with one attached hydrogen (secondary N) is 1. The number of hydrogen-bond acceptors (Lipinski definition) is 1. The van der Waals surface area contributed by atoms with Crippen molar-refractivity contribution in [3.05, 3.63) is 36.0 Å². The average molecular weight is 188 g/mol. The van der Waals surface area contributed by atoms with Gasteiger partial charge in [-0.1, -0.05) is 25.1 Å². The van der Waals surface area contributed by atoms with E-state index < -0.39 is 0 Å². The van der Waals surface area contributed by atoms with Crippen LogP contribution >= 0.6 is 0 Å². The number of aromatic amines is 1. The zero-order valence-electron chi connectivity index (χ0n) is 8.46. The first-order valence-electron chi connectivity index (χ1n) is 5.09. The van der Waals surface area contributed by atoms with Crippen molar-refractivity contribution in [2.24, 2.45) is 5.73 Å². The fourth-order valence-corrected chi connectivity index (χ4v) is 1.77. The molecule has 1 unspecified atom stereocenters. The summed E-state index contributed by atoms with van der Waals surface area (Å²) >= 11 is 0. The Morgan fingerprint density at radius 3 is 2.86 bits per heavy atom. The molecule has 2 rings (SSSR count). The maximum absolute atomic E-state index is 5.55. The Kier molecular flexibility index (Phi) is 2.55. The molecule has 1 aromatic heterocycles. The van der Waals surface area contributed by atoms with Crippen molar-refractivity contribution in [2.75, 3.05) is 6.54 Å². The summed E-state index contributed by atoms with van der Waals surface area (Å²) in [4.78, 5) is 3.42. The van der Waals surface area contributed by atoms with Gasteiger partial charge in [-0.2, -0.15) is 0 Å². The van der Waals surface area contributed by atoms with E-state index >= 15 is 0 Å². The highest BCUT2D eigenvalue weighted by molar-refractivity contribution is 5.80. The zero-order chi connectivity index (χ0) is 9.97. The van der Waals surface area contributed by atoms with Gasteiger partial charge in [0.15, 0.2) is 0 Å². The molecular formula is C12H16N2. The van der Waals surface area contributed by atoms with Gasteiger partial charge in [-0.15, -0.1) is 0 Å². The molecule has 14 heavy (non-hydrogen) atoms. The number of rotatable bonds is 3. The normalized spacial score (nSPS) is 13.3. The molecule has 0 radical (unpaired) electrons. The van der Waals surface area contributed by atoms with Gasteiger partial charge >= 0.3 is 0 Å². The molecular weight excluding hydrogens is 172 g/mol. The Hall–Kier alpha value is -1.28. The summed E-state index contributed by atoms with van der Waals surface area (Å²) in [6, 6.07) is 10.6. The van der Waals surface area contributed by atoms with Gasteiger partial charge < -0.3 is 10.7 Å². The standard InChI is InChI=1S/C12H16N2/c1-9(6-7-13)12-8-10-4-2-3-5-11(10)14-12/h2-5,8-9,14H,6-7,13H2,1H3. The summed E-state index contributed by atoms with van der Waals surface area (Å²) in [6.45, 7) is 2.95. The third-order valence-corrected chi connectivity index (χ3v) is 2.68. The van der Waals surface area contributed by atoms with Crippen molar-refractivity contribution < 1.29 is 0 Å². The van der Waals surface area contributed by atoms with Crippen LogP contribution in [0.2, 0.25) is 0 Å². The molecule has 0 fully saturated rings. The quantitative estimate of drug-likeness (QED) is 0.763. The van der Waals surface area contributed by atoms with E-state index in [0.717, 1.165) is 13.0 Å². The number of benzene rings is 1. The molecule has 1 aromatic carbocycles. The molecule has 1 heterocycles. The summed E-state index contributed by atoms with van der Waals surface area (Å²) < 4.78 is 0. The lowest BCUT2D eigenvalue weighted by molar-refractivity contribution is 0.676. The number of fused-ring (bicyclic) bond motifs is 1. The third kappa shape index (κ3) is 1.66. The molecule has 0 amide bonds. The molecule has 1 atom stereocenters. The lowest BCUT2D eigenvalue weighted by Crippen LogP contribution is -2.04. The number of para-hydroxylation sites is 1. The van der Waals surface area contributed by atoms with Crippen molar-refractivity contribution in [2.45, 2.75) is 19.3 Å². The highest BCUT2D eigenvalue weighted by atomic mass is 14.7. The first-order valence-corrected chi connectivity index (χ1v) is 5.09. The first kappa shape index (κ1) is 9.28. The van der Waals surface area contributed by atoms with Crippen LogP contribution in [0, 0.1) is 0 Å². The van der Waals surface area contributed by atoms with Crippen LogP contribution in [0.3, 0.4) is 0 Å². The highest BCUT2D eigenvalue weighted by Gasteiger charge is 2.07. The highest BCUT2D eigenvalue weighted by Crippen LogP contribution is 2.22. The van der Waals surface area contributed by atoms with Crippen molar-refractivity contribution in [1.82, 2.24) is 4.98 Å². The molecule has 0 aliphatic heterocycles. The Balaban J connectivity index is 2.35. The van der Waals surface area contributed by atoms with Gasteiger partial charge in [-0.3, -0.25) is 0 Å². The SMILES string of the molecule is CC(CCN)c1cc2ccccc2[nH]1. The molecule has 0 saturated heterocycles. The molecule has 2 aromatic rings. The summed E-state index contributed by atoms with van der Waals surface area (Å²) in [6.07, 6.45) is 1.03. The van der Waals surface area contributed by atoms with Crippen molar-refractivity contribution >= 4 is 10.9 Å². The topological polar surface area (TPSA) is 41.8 Å². The van der Waals surface area contributed by atoms with E-state index in [0.29, 0.717) is 5.92 Å². The van der Waals surface area contributed by atoms with Crippen LogP contribution in [-0.2, 0) is 0 Å². The number of hydrogen-bond donors (Lipinski definition) is 2. The lowest BCUT2D eigenvalue weighted by atomic mass is 10.0. The molecule has 2 heteroatoms. The van der Waals surface area contributed by atoms with Crippen LogP contribution in [0.25, 0.3) is 10.9 Å². The van der Waals surface area contributed by atoms with Gasteiger partial charge in [-0.05, 0) is 36.4 Å². The minimum Gasteiger partial charge on any atom is -0.358 e. The second kappa shape index (κ2) is 3.84. The second-order valence-corrected chi connectivity index (χ2v) is 3.79. The van der Waals surface area contributed by atoms with Gasteiger partial charge in [0.1, 0.15) is 0 Å². The molecule has 3 N–H and O–H groups in total. The van der Waals surface area contributed by atoms with Crippen LogP contribution < -0.4 is 5.73 Å². The molecule has 0 aliphatic rings. The van der Waals surface area contributed by atoms with E-state index in [1.165, 1.54) is 16.6 Å². The van der Waals surface area contributed by atoms with E-state index in [1.807, 2.05) is 0 Å². The van der Waals surface area contributed by atoms with Gasteiger partial charge in [0.2, 0.25) is 0 Å². The summed E-state index contributed by atoms with van der Waals surface area (Å²) in [7, 11) is 0. The Bertz CT molecular complexity index is 384. The predicted octanol–water partition coefficient (Wildman–Crippen LogP) is 2.62. The van der Waals surface area contributed by atoms with E-state index in [1.54, 1.807) is 0 Å². The van der Waals surface area contributed by atoms with Gasteiger partial charge in [-0.25, -0.2) is 0 Å². The van der Waals surface area contributed by atoms with Crippen molar-refractivity contribution in [3.8, 4) is 0 Å². The van der Waals surface area contributed by atoms with Crippen molar-refractivity contribution in [1.29, 1.82) is 0 Å². The summed E-state index contributed by atoms with van der Waals surface area (Å²) in [5.41, 5.74) is 8.05. The minimum absolute atomic E-state index is 0.521. The van der Waals surface area contributed by atoms with Crippen LogP contribution in [-0.4, -0.2) is 11.5 Å². The monoisotopic (exact) mass is 188 g/mol. The Morgan fingerprint density at radius 2 is 2.14 bits per heavy atom. The van der Waals surface area contributed by atoms with Crippen LogP contribution in [0.1, 0.15) is 25.0 Å². The van der Waals surface area contributed by atoms with Crippen molar-refractivity contribution in [3.63, 3.8) is 0 Å². The summed E-state index contributed by atoms with van der Waals surface area (Å²) in [5, 5.41) is 1.28. The first-order chi connectivity index (χ1) is 6.81. The Labute approximate surface area is 84.1 Å². The van der Waals surface area contributed by atoms with E-state index in [2.05, 4.69) is 42.2 Å². The van der Waals surface area contributed by atoms with Crippen LogP contribution in [0.5, 0.6) is 0 Å². The van der Waals surface area contributed by atoms with E-state index in [4.69, 9.17) is 5.73 Å². The molecule has 74 valence electrons. The largest absolute Gasteiger partial charge is 0.358 e. The number of nitrogens with two attached hydrogens (primary N) is 1. The van der Waals surface area contributed by atoms with Gasteiger partial charge in [0, 0.05) is 11.2 Å². The minimum atomic E-state index is 0.521. The third-order valence-electron chi connectivity index (χ3n) is 2.68. The number of H-pyrrole nitrogens is 1. The van der Waals surface area contributed by atoms with Crippen LogP contribution in [0.4, 0.5) is 0 Å². The molecule has 0 saturated carbocycles. The number of aromatic nitrogens is 1. The molecule has 0 aliphatic carbocycles. The zero-order valence-corrected chi connectivity index (χ0v) is 8.46. The van der Waals surface area contributed by atoms with E-state index in [-0.39, 0.29) is 0 Å². The fourth-order valence-electron chi connectivity index (χ4n) is 1.77. The molecule has 2 nitrogen and oxygen atoms in total. The summed E-state index contributed by atoms with van der Waals surface area (Å²) in [5.74, 6) is 0.521. The average Bonchev–Trinajstić information content (AvgIpc) is 2.61. The van der Waals surface area contributed by atoms with Crippen LogP contribution in [0.15, 0.2) is 30.3 Å². The smallest absolute Gasteiger partial charge is 0.0456 e. The molecule has 0 bridgehead atoms. The second-order valence-electron chi connectivity index (χ2n) is 3.79. The van der Waals surface area contributed by atoms with Gasteiger partial charge in [0.05, 0.1) is 0 Å². The maximum Gasteiger partial charge on any atom is 0.0456 e.